The van der Waals surface area contributed by atoms with E-state index in [4.69, 9.17) is 6.42 Å². The number of allylic oxidation sites excluding steroid dienone is 4. The van der Waals surface area contributed by atoms with Crippen LogP contribution >= 0.6 is 0 Å². The van der Waals surface area contributed by atoms with Gasteiger partial charge in [-0.2, -0.15) is 0 Å². The van der Waals surface area contributed by atoms with Crippen molar-refractivity contribution in [3.63, 3.8) is 0 Å². The van der Waals surface area contributed by atoms with Gasteiger partial charge in [-0.3, -0.25) is 0 Å². The second-order valence-electron chi connectivity index (χ2n) is 2.95. The lowest BCUT2D eigenvalue weighted by molar-refractivity contribution is 0.718. The summed E-state index contributed by atoms with van der Waals surface area (Å²) in [7, 11) is 0. The Morgan fingerprint density at radius 3 is 2.38 bits per heavy atom. The molecule has 0 aromatic rings. The molecule has 0 radical (unpaired) electrons. The first-order chi connectivity index (χ1) is 6.29. The van der Waals surface area contributed by atoms with Gasteiger partial charge in [-0.05, 0) is 18.4 Å². The molecule has 0 N–H and O–H groups in total. The van der Waals surface area contributed by atoms with Crippen molar-refractivity contribution in [3.05, 3.63) is 36.5 Å². The quantitative estimate of drug-likeness (QED) is 0.326. The molecule has 0 nitrogen and oxygen atoms in total. The molecule has 0 atom stereocenters. The first-order valence-corrected chi connectivity index (χ1v) is 4.74. The summed E-state index contributed by atoms with van der Waals surface area (Å²) in [6.45, 7) is 9.62. The average Bonchev–Trinajstić information content (AvgIpc) is 2.17. The van der Waals surface area contributed by atoms with E-state index in [9.17, 15) is 0 Å². The van der Waals surface area contributed by atoms with Crippen molar-refractivity contribution in [1.82, 2.24) is 0 Å². The molecule has 0 heterocycles. The number of hydrogen-bond acceptors (Lipinski definition) is 0. The van der Waals surface area contributed by atoms with Crippen LogP contribution in [0.5, 0.6) is 0 Å². The summed E-state index contributed by atoms with van der Waals surface area (Å²) in [6.07, 6.45) is 13.6. The zero-order valence-corrected chi connectivity index (χ0v) is 8.47. The van der Waals surface area contributed by atoms with Crippen LogP contribution in [0.3, 0.4) is 0 Å². The average molecular weight is 174 g/mol. The maximum absolute atomic E-state index is 5.34. The van der Waals surface area contributed by atoms with Gasteiger partial charge >= 0.3 is 0 Å². The highest BCUT2D eigenvalue weighted by molar-refractivity contribution is 5.43. The van der Waals surface area contributed by atoms with Crippen molar-refractivity contribution in [2.24, 2.45) is 0 Å². The second-order valence-corrected chi connectivity index (χ2v) is 2.95. The number of terminal acetylenes is 1. The minimum Gasteiger partial charge on any atom is -0.115 e. The molecule has 0 aromatic carbocycles. The first-order valence-electron chi connectivity index (χ1n) is 4.74. The van der Waals surface area contributed by atoms with Crippen LogP contribution in [0.2, 0.25) is 0 Å². The molecule has 0 saturated carbocycles. The van der Waals surface area contributed by atoms with Crippen molar-refractivity contribution in [2.45, 2.75) is 32.6 Å². The molecule has 0 aromatic heterocycles. The maximum atomic E-state index is 5.34. The molecule has 0 aliphatic heterocycles. The lowest BCUT2D eigenvalue weighted by atomic mass is 10.0. The molecule has 0 spiro atoms. The molecule has 0 saturated heterocycles. The predicted molar refractivity (Wildman–Crippen MR) is 60.4 cm³/mol. The third-order valence-corrected chi connectivity index (χ3v) is 2.00. The highest BCUT2D eigenvalue weighted by Crippen LogP contribution is 2.14. The SMILES string of the molecule is C#C/C(C=C)=C(\C=C)CCCCC. The maximum Gasteiger partial charge on any atom is 0.0268 e. The molecule has 0 heteroatoms. The van der Waals surface area contributed by atoms with Gasteiger partial charge in [-0.25, -0.2) is 0 Å². The van der Waals surface area contributed by atoms with Gasteiger partial charge in [-0.1, -0.05) is 51.0 Å². The van der Waals surface area contributed by atoms with Crippen molar-refractivity contribution in [1.29, 1.82) is 0 Å². The van der Waals surface area contributed by atoms with E-state index in [1.54, 1.807) is 6.08 Å². The fraction of sp³-hybridized carbons (Fsp3) is 0.385. The number of unbranched alkanes of at least 4 members (excludes halogenated alkanes) is 2. The van der Waals surface area contributed by atoms with E-state index >= 15 is 0 Å². The largest absolute Gasteiger partial charge is 0.115 e. The zero-order valence-electron chi connectivity index (χ0n) is 8.47. The van der Waals surface area contributed by atoms with Crippen LogP contribution in [-0.4, -0.2) is 0 Å². The van der Waals surface area contributed by atoms with Gasteiger partial charge in [0.1, 0.15) is 0 Å². The summed E-state index contributed by atoms with van der Waals surface area (Å²) in [6, 6.07) is 0. The first kappa shape index (κ1) is 11.8. The highest BCUT2D eigenvalue weighted by atomic mass is 14.0. The smallest absolute Gasteiger partial charge is 0.0268 e. The third-order valence-electron chi connectivity index (χ3n) is 2.00. The van der Waals surface area contributed by atoms with Gasteiger partial charge in [0.05, 0.1) is 0 Å². The van der Waals surface area contributed by atoms with E-state index in [2.05, 4.69) is 26.0 Å². The molecule has 0 amide bonds. The Kier molecular flexibility index (Phi) is 6.73. The van der Waals surface area contributed by atoms with E-state index in [-0.39, 0.29) is 0 Å². The number of rotatable bonds is 6. The summed E-state index contributed by atoms with van der Waals surface area (Å²) >= 11 is 0. The van der Waals surface area contributed by atoms with Gasteiger partial charge < -0.3 is 0 Å². The summed E-state index contributed by atoms with van der Waals surface area (Å²) < 4.78 is 0. The normalized spacial score (nSPS) is 11.4. The fourth-order valence-corrected chi connectivity index (χ4v) is 1.19. The molecule has 0 fully saturated rings. The standard InChI is InChI=1S/C13H18/c1-5-9-10-11-13(8-4)12(6-2)7-3/h2,7-8H,3-5,9-11H2,1H3/b13-12-. The van der Waals surface area contributed by atoms with Gasteiger partial charge in [0, 0.05) is 5.57 Å². The Balaban J connectivity index is 4.32. The Morgan fingerprint density at radius 2 is 2.00 bits per heavy atom. The van der Waals surface area contributed by atoms with E-state index in [1.165, 1.54) is 19.3 Å². The second kappa shape index (κ2) is 7.43. The minimum absolute atomic E-state index is 0.881. The lowest BCUT2D eigenvalue weighted by Gasteiger charge is -2.03. The summed E-state index contributed by atoms with van der Waals surface area (Å²) in [5, 5.41) is 0. The summed E-state index contributed by atoms with van der Waals surface area (Å²) in [5.74, 6) is 2.62. The van der Waals surface area contributed by atoms with Crippen LogP contribution in [0, 0.1) is 12.3 Å². The van der Waals surface area contributed by atoms with E-state index in [0.29, 0.717) is 0 Å². The topological polar surface area (TPSA) is 0 Å². The summed E-state index contributed by atoms with van der Waals surface area (Å²) in [5.41, 5.74) is 2.03. The van der Waals surface area contributed by atoms with Crippen LogP contribution in [-0.2, 0) is 0 Å². The van der Waals surface area contributed by atoms with Gasteiger partial charge in [0.2, 0.25) is 0 Å². The van der Waals surface area contributed by atoms with Gasteiger partial charge in [0.25, 0.3) is 0 Å². The van der Waals surface area contributed by atoms with E-state index in [1.807, 2.05) is 6.08 Å². The van der Waals surface area contributed by atoms with E-state index < -0.39 is 0 Å². The molecule has 0 bridgehead atoms. The van der Waals surface area contributed by atoms with Crippen molar-refractivity contribution in [3.8, 4) is 12.3 Å². The molecule has 0 aliphatic carbocycles. The van der Waals surface area contributed by atoms with Crippen LogP contribution in [0.1, 0.15) is 32.6 Å². The minimum atomic E-state index is 0.881. The van der Waals surface area contributed by atoms with Crippen LogP contribution in [0.4, 0.5) is 0 Å². The monoisotopic (exact) mass is 174 g/mol. The molecule has 0 aliphatic rings. The fourth-order valence-electron chi connectivity index (χ4n) is 1.19. The molecule has 70 valence electrons. The Morgan fingerprint density at radius 1 is 1.31 bits per heavy atom. The van der Waals surface area contributed by atoms with Crippen LogP contribution < -0.4 is 0 Å². The number of hydrogen-bond donors (Lipinski definition) is 0. The highest BCUT2D eigenvalue weighted by Gasteiger charge is 1.97. The lowest BCUT2D eigenvalue weighted by Crippen LogP contribution is -1.85. The molecular weight excluding hydrogens is 156 g/mol. The predicted octanol–water partition coefficient (Wildman–Crippen LogP) is 3.87. The van der Waals surface area contributed by atoms with Crippen molar-refractivity contribution >= 4 is 0 Å². The third kappa shape index (κ3) is 4.38. The molecule has 13 heavy (non-hydrogen) atoms. The molecule has 0 unspecified atom stereocenters. The van der Waals surface area contributed by atoms with Crippen LogP contribution in [0.15, 0.2) is 36.5 Å². The Bertz CT molecular complexity index is 235. The van der Waals surface area contributed by atoms with Crippen molar-refractivity contribution in [2.75, 3.05) is 0 Å². The summed E-state index contributed by atoms with van der Waals surface area (Å²) in [4.78, 5) is 0. The van der Waals surface area contributed by atoms with E-state index in [0.717, 1.165) is 17.6 Å². The van der Waals surface area contributed by atoms with Crippen LogP contribution in [0.25, 0.3) is 0 Å². The van der Waals surface area contributed by atoms with Gasteiger partial charge in [0.15, 0.2) is 0 Å². The molecular formula is C13H18. The zero-order chi connectivity index (χ0) is 10.1. The molecule has 0 rings (SSSR count). The Labute approximate surface area is 82.0 Å². The van der Waals surface area contributed by atoms with Crippen molar-refractivity contribution < 1.29 is 0 Å². The Hall–Kier alpha value is -1.22. The van der Waals surface area contributed by atoms with Gasteiger partial charge in [-0.15, -0.1) is 6.42 Å².